The van der Waals surface area contributed by atoms with Crippen LogP contribution in [0.4, 0.5) is 0 Å². The first kappa shape index (κ1) is 18.4. The smallest absolute Gasteiger partial charge is 0.194 e. The van der Waals surface area contributed by atoms with E-state index in [2.05, 4.69) is 0 Å². The lowest BCUT2D eigenvalue weighted by Gasteiger charge is -2.14. The molecule has 0 bridgehead atoms. The Balaban J connectivity index is 1.42. The van der Waals surface area contributed by atoms with Crippen molar-refractivity contribution in [1.82, 2.24) is 9.78 Å². The van der Waals surface area contributed by atoms with E-state index in [1.54, 1.807) is 36.1 Å². The lowest BCUT2D eigenvalue weighted by Crippen LogP contribution is -2.24. The van der Waals surface area contributed by atoms with Crippen LogP contribution in [0.2, 0.25) is 0 Å². The van der Waals surface area contributed by atoms with Crippen LogP contribution in [0.1, 0.15) is 15.9 Å². The molecule has 5 rings (SSSR count). The third kappa shape index (κ3) is 3.02. The van der Waals surface area contributed by atoms with E-state index in [1.165, 1.54) is 0 Å². The Morgan fingerprint density at radius 1 is 0.933 bits per heavy atom. The van der Waals surface area contributed by atoms with Gasteiger partial charge >= 0.3 is 0 Å². The van der Waals surface area contributed by atoms with Crippen molar-refractivity contribution in [3.8, 4) is 22.8 Å². The van der Waals surface area contributed by atoms with Crippen molar-refractivity contribution in [1.29, 1.82) is 0 Å². The Labute approximate surface area is 173 Å². The number of aliphatic hydroxyl groups is 1. The molecule has 0 spiro atoms. The van der Waals surface area contributed by atoms with E-state index in [1.807, 2.05) is 42.5 Å². The molecule has 6 heteroatoms. The number of hydrogen-bond acceptors (Lipinski definition) is 5. The van der Waals surface area contributed by atoms with Crippen LogP contribution in [0.5, 0.6) is 11.5 Å². The summed E-state index contributed by atoms with van der Waals surface area (Å²) in [5.74, 6) is 1.40. The highest BCUT2D eigenvalue weighted by atomic mass is 16.5. The zero-order valence-corrected chi connectivity index (χ0v) is 16.4. The second-order valence-electron chi connectivity index (χ2n) is 7.25. The van der Waals surface area contributed by atoms with Gasteiger partial charge in [-0.2, -0.15) is 5.10 Å². The van der Waals surface area contributed by atoms with Gasteiger partial charge < -0.3 is 14.6 Å². The van der Waals surface area contributed by atoms with E-state index in [4.69, 9.17) is 14.6 Å². The summed E-state index contributed by atoms with van der Waals surface area (Å²) in [6.45, 7) is 0.380. The number of rotatable bonds is 6. The standard InChI is InChI=1S/C24H20N2O4/c1-29-16-9-11-17(12-10-16)30-14-15(27)13-26-21-8-4-7-20-22(21)23(25-26)18-5-2-3-6-19(18)24(20)28/h2-12,15,27H,13-14H2,1H3. The maximum absolute atomic E-state index is 12.9. The lowest BCUT2D eigenvalue weighted by molar-refractivity contribution is 0.0905. The van der Waals surface area contributed by atoms with Crippen molar-refractivity contribution in [3.63, 3.8) is 0 Å². The molecule has 0 aliphatic heterocycles. The number of ketones is 1. The van der Waals surface area contributed by atoms with Crippen molar-refractivity contribution in [3.05, 3.63) is 77.9 Å². The minimum Gasteiger partial charge on any atom is -0.497 e. The van der Waals surface area contributed by atoms with Gasteiger partial charge in [0.25, 0.3) is 0 Å². The SMILES string of the molecule is COc1ccc(OCC(O)Cn2nc3c4c(cccc42)C(=O)c2ccccc2-3)cc1. The van der Waals surface area contributed by atoms with Crippen molar-refractivity contribution in [2.24, 2.45) is 0 Å². The summed E-state index contributed by atoms with van der Waals surface area (Å²) in [6, 6.07) is 20.3. The molecule has 6 nitrogen and oxygen atoms in total. The molecule has 1 atom stereocenters. The highest BCUT2D eigenvalue weighted by Crippen LogP contribution is 2.38. The topological polar surface area (TPSA) is 73.6 Å². The zero-order chi connectivity index (χ0) is 20.7. The summed E-state index contributed by atoms with van der Waals surface area (Å²) in [4.78, 5) is 12.9. The molecule has 0 saturated carbocycles. The molecule has 30 heavy (non-hydrogen) atoms. The Kier molecular flexibility index (Phi) is 4.48. The number of hydrogen-bond donors (Lipinski definition) is 1. The molecule has 1 heterocycles. The molecule has 1 N–H and O–H groups in total. The number of fused-ring (bicyclic) bond motifs is 2. The van der Waals surface area contributed by atoms with Gasteiger partial charge in [0, 0.05) is 22.1 Å². The number of methoxy groups -OCH3 is 1. The van der Waals surface area contributed by atoms with Crippen LogP contribution in [-0.2, 0) is 6.54 Å². The fraction of sp³-hybridized carbons (Fsp3) is 0.167. The third-order valence-electron chi connectivity index (χ3n) is 5.34. The molecular formula is C24H20N2O4. The maximum Gasteiger partial charge on any atom is 0.194 e. The average molecular weight is 400 g/mol. The second-order valence-corrected chi connectivity index (χ2v) is 7.25. The zero-order valence-electron chi connectivity index (χ0n) is 16.4. The highest BCUT2D eigenvalue weighted by molar-refractivity contribution is 6.25. The van der Waals surface area contributed by atoms with Crippen LogP contribution in [0, 0.1) is 0 Å². The van der Waals surface area contributed by atoms with Gasteiger partial charge in [-0.15, -0.1) is 0 Å². The van der Waals surface area contributed by atoms with Gasteiger partial charge in [-0.3, -0.25) is 9.48 Å². The molecule has 1 unspecified atom stereocenters. The third-order valence-corrected chi connectivity index (χ3v) is 5.34. The lowest BCUT2D eigenvalue weighted by atomic mass is 9.87. The number of nitrogens with zero attached hydrogens (tertiary/aromatic N) is 2. The molecule has 3 aromatic carbocycles. The predicted molar refractivity (Wildman–Crippen MR) is 113 cm³/mol. The van der Waals surface area contributed by atoms with Gasteiger partial charge in [-0.05, 0) is 30.3 Å². The fourth-order valence-electron chi connectivity index (χ4n) is 3.89. The summed E-state index contributed by atoms with van der Waals surface area (Å²) >= 11 is 0. The van der Waals surface area contributed by atoms with E-state index in [0.29, 0.717) is 16.9 Å². The number of benzene rings is 3. The van der Waals surface area contributed by atoms with E-state index < -0.39 is 6.10 Å². The van der Waals surface area contributed by atoms with E-state index in [9.17, 15) is 9.90 Å². The Hall–Kier alpha value is -3.64. The molecule has 150 valence electrons. The first-order valence-electron chi connectivity index (χ1n) is 9.74. The maximum atomic E-state index is 12.9. The monoisotopic (exact) mass is 400 g/mol. The highest BCUT2D eigenvalue weighted by Gasteiger charge is 2.28. The average Bonchev–Trinajstić information content (AvgIpc) is 3.15. The molecule has 0 radical (unpaired) electrons. The Bertz CT molecular complexity index is 1240. The van der Waals surface area contributed by atoms with Crippen LogP contribution in [0.25, 0.3) is 22.2 Å². The van der Waals surface area contributed by atoms with Gasteiger partial charge in [0.15, 0.2) is 5.78 Å². The fourth-order valence-corrected chi connectivity index (χ4v) is 3.89. The number of ether oxygens (including phenoxy) is 2. The molecule has 0 fully saturated rings. The molecule has 4 aromatic rings. The van der Waals surface area contributed by atoms with Crippen LogP contribution < -0.4 is 9.47 Å². The second kappa shape index (κ2) is 7.31. The van der Waals surface area contributed by atoms with Crippen molar-refractivity contribution < 1.29 is 19.4 Å². The summed E-state index contributed by atoms with van der Waals surface area (Å²) in [7, 11) is 1.61. The van der Waals surface area contributed by atoms with E-state index in [-0.39, 0.29) is 18.9 Å². The van der Waals surface area contributed by atoms with Crippen LogP contribution in [0.15, 0.2) is 66.7 Å². The minimum absolute atomic E-state index is 0.00615. The van der Waals surface area contributed by atoms with Gasteiger partial charge in [0.1, 0.15) is 29.9 Å². The first-order chi connectivity index (χ1) is 14.7. The Morgan fingerprint density at radius 3 is 2.40 bits per heavy atom. The van der Waals surface area contributed by atoms with Gasteiger partial charge in [0.2, 0.25) is 0 Å². The number of aliphatic hydroxyl groups excluding tert-OH is 1. The molecule has 1 aliphatic rings. The van der Waals surface area contributed by atoms with Gasteiger partial charge in [0.05, 0.1) is 19.2 Å². The quantitative estimate of drug-likeness (QED) is 0.471. The van der Waals surface area contributed by atoms with Gasteiger partial charge in [-0.25, -0.2) is 0 Å². The summed E-state index contributed by atoms with van der Waals surface area (Å²) in [5, 5.41) is 16.1. The van der Waals surface area contributed by atoms with Crippen LogP contribution in [-0.4, -0.2) is 40.5 Å². The van der Waals surface area contributed by atoms with E-state index in [0.717, 1.165) is 27.9 Å². The Morgan fingerprint density at radius 2 is 1.63 bits per heavy atom. The molecular weight excluding hydrogens is 380 g/mol. The minimum atomic E-state index is -0.765. The van der Waals surface area contributed by atoms with Crippen LogP contribution in [0.3, 0.4) is 0 Å². The van der Waals surface area contributed by atoms with E-state index >= 15 is 0 Å². The molecule has 1 aromatic heterocycles. The molecule has 0 amide bonds. The number of aromatic nitrogens is 2. The molecule has 0 saturated heterocycles. The molecule has 1 aliphatic carbocycles. The first-order valence-corrected chi connectivity index (χ1v) is 9.74. The van der Waals surface area contributed by atoms with Crippen molar-refractivity contribution in [2.75, 3.05) is 13.7 Å². The largest absolute Gasteiger partial charge is 0.497 e. The summed E-state index contributed by atoms with van der Waals surface area (Å²) < 4.78 is 12.6. The predicted octanol–water partition coefficient (Wildman–Crippen LogP) is 3.70. The summed E-state index contributed by atoms with van der Waals surface area (Å²) in [5.41, 5.74) is 3.74. The van der Waals surface area contributed by atoms with Crippen LogP contribution >= 0.6 is 0 Å². The van der Waals surface area contributed by atoms with Crippen molar-refractivity contribution >= 4 is 16.7 Å². The number of carbonyl (C=O) groups excluding carboxylic acids is 1. The van der Waals surface area contributed by atoms with Crippen molar-refractivity contribution in [2.45, 2.75) is 12.6 Å². The number of carbonyl (C=O) groups is 1. The normalized spacial score (nSPS) is 13.2. The summed E-state index contributed by atoms with van der Waals surface area (Å²) in [6.07, 6.45) is -0.765. The van der Waals surface area contributed by atoms with Gasteiger partial charge in [-0.1, -0.05) is 36.4 Å².